The largest absolute Gasteiger partial charge is 0.378 e. The van der Waals surface area contributed by atoms with E-state index in [1.54, 1.807) is 24.3 Å². The van der Waals surface area contributed by atoms with Crippen LogP contribution in [-0.2, 0) is 0 Å². The zero-order chi connectivity index (χ0) is 20.4. The highest BCUT2D eigenvalue weighted by molar-refractivity contribution is 7.13. The maximum atomic E-state index is 12.7. The summed E-state index contributed by atoms with van der Waals surface area (Å²) in [4.78, 5) is 13.4. The number of benzene rings is 1. The van der Waals surface area contributed by atoms with Crippen LogP contribution in [0.2, 0.25) is 10.0 Å². The first-order valence-corrected chi connectivity index (χ1v) is 9.54. The highest BCUT2D eigenvalue weighted by Gasteiger charge is 2.25. The topological polar surface area (TPSA) is 137 Å². The van der Waals surface area contributed by atoms with E-state index >= 15 is 0 Å². The molecule has 0 bridgehead atoms. The second kappa shape index (κ2) is 7.99. The van der Waals surface area contributed by atoms with Crippen molar-refractivity contribution in [1.29, 1.82) is 0 Å². The van der Waals surface area contributed by atoms with Crippen LogP contribution in [0.25, 0.3) is 16.4 Å². The minimum absolute atomic E-state index is 0.00932. The standard InChI is InChI=1S/C16H10Cl2N8O2S/c17-9-4-3-8(10(18)6-9)7-20-22-16(27)12-13(11-2-1-5-29-11)26(25-21-12)15-14(19)23-28-24-15/h1-7H,(H2,19,23)(H,22,27). The average molecular weight is 449 g/mol. The number of aromatic nitrogens is 5. The van der Waals surface area contributed by atoms with Gasteiger partial charge in [-0.3, -0.25) is 4.79 Å². The molecule has 0 aliphatic rings. The van der Waals surface area contributed by atoms with Crippen molar-refractivity contribution >= 4 is 52.5 Å². The molecular formula is C16H10Cl2N8O2S. The molecule has 0 aliphatic heterocycles. The summed E-state index contributed by atoms with van der Waals surface area (Å²) in [6.07, 6.45) is 1.39. The second-order valence-electron chi connectivity index (χ2n) is 5.51. The molecule has 0 atom stereocenters. The van der Waals surface area contributed by atoms with Gasteiger partial charge in [-0.2, -0.15) is 9.78 Å². The van der Waals surface area contributed by atoms with Crippen LogP contribution in [-0.4, -0.2) is 37.4 Å². The molecule has 4 aromatic rings. The number of nitrogens with zero attached hydrogens (tertiary/aromatic N) is 6. The lowest BCUT2D eigenvalue weighted by molar-refractivity contribution is 0.0951. The molecule has 13 heteroatoms. The van der Waals surface area contributed by atoms with E-state index in [1.807, 2.05) is 11.4 Å². The number of halogens is 2. The number of anilines is 1. The number of thiophene rings is 1. The van der Waals surface area contributed by atoms with E-state index in [9.17, 15) is 4.79 Å². The molecule has 0 saturated carbocycles. The number of hydrazone groups is 1. The third-order valence-corrected chi connectivity index (χ3v) is 5.11. The highest BCUT2D eigenvalue weighted by Crippen LogP contribution is 2.29. The van der Waals surface area contributed by atoms with Crippen LogP contribution < -0.4 is 11.2 Å². The smallest absolute Gasteiger partial charge is 0.294 e. The molecule has 0 unspecified atom stereocenters. The first-order valence-electron chi connectivity index (χ1n) is 7.91. The molecule has 0 saturated heterocycles. The Bertz CT molecular complexity index is 1200. The van der Waals surface area contributed by atoms with E-state index in [0.29, 0.717) is 26.2 Å². The SMILES string of the molecule is Nc1nonc1-n1nnc(C(=O)NN=Cc2ccc(Cl)cc2Cl)c1-c1cccs1. The number of hydrogen-bond acceptors (Lipinski definition) is 9. The summed E-state index contributed by atoms with van der Waals surface area (Å²) >= 11 is 13.3. The number of rotatable bonds is 5. The third-order valence-electron chi connectivity index (χ3n) is 3.67. The molecule has 1 amide bonds. The lowest BCUT2D eigenvalue weighted by Gasteiger charge is -2.03. The molecule has 3 aromatic heterocycles. The Kier molecular flexibility index (Phi) is 5.25. The number of carbonyl (C=O) groups excluding carboxylic acids is 1. The fraction of sp³-hybridized carbons (Fsp3) is 0. The third kappa shape index (κ3) is 3.83. The van der Waals surface area contributed by atoms with E-state index < -0.39 is 5.91 Å². The van der Waals surface area contributed by atoms with Crippen LogP contribution in [0.3, 0.4) is 0 Å². The van der Waals surface area contributed by atoms with Crippen LogP contribution in [0, 0.1) is 0 Å². The van der Waals surface area contributed by atoms with Crippen molar-refractivity contribution in [1.82, 2.24) is 30.7 Å². The van der Waals surface area contributed by atoms with Gasteiger partial charge in [0.25, 0.3) is 5.91 Å². The molecule has 0 spiro atoms. The van der Waals surface area contributed by atoms with Gasteiger partial charge in [0, 0.05) is 10.6 Å². The van der Waals surface area contributed by atoms with Crippen molar-refractivity contribution in [2.24, 2.45) is 5.10 Å². The number of hydrogen-bond donors (Lipinski definition) is 2. The summed E-state index contributed by atoms with van der Waals surface area (Å²) in [6, 6.07) is 8.53. The Morgan fingerprint density at radius 3 is 2.86 bits per heavy atom. The summed E-state index contributed by atoms with van der Waals surface area (Å²) in [6.45, 7) is 0. The fourth-order valence-corrected chi connectivity index (χ4v) is 3.59. The molecule has 0 aliphatic carbocycles. The molecule has 1 aromatic carbocycles. The van der Waals surface area contributed by atoms with Crippen molar-refractivity contribution in [2.45, 2.75) is 0 Å². The molecule has 10 nitrogen and oxygen atoms in total. The van der Waals surface area contributed by atoms with Crippen molar-refractivity contribution in [3.8, 4) is 16.4 Å². The highest BCUT2D eigenvalue weighted by atomic mass is 35.5. The Hall–Kier alpha value is -3.28. The lowest BCUT2D eigenvalue weighted by Crippen LogP contribution is -2.19. The van der Waals surface area contributed by atoms with Crippen LogP contribution in [0.4, 0.5) is 5.82 Å². The summed E-state index contributed by atoms with van der Waals surface area (Å²) in [5.41, 5.74) is 9.13. The van der Waals surface area contributed by atoms with E-state index in [0.717, 1.165) is 0 Å². The molecule has 0 radical (unpaired) electrons. The molecule has 0 fully saturated rings. The second-order valence-corrected chi connectivity index (χ2v) is 7.31. The number of carbonyl (C=O) groups is 1. The van der Waals surface area contributed by atoms with Crippen LogP contribution in [0.1, 0.15) is 16.1 Å². The van der Waals surface area contributed by atoms with Crippen LogP contribution in [0.5, 0.6) is 0 Å². The predicted octanol–water partition coefficient (Wildman–Crippen LogP) is 3.03. The van der Waals surface area contributed by atoms with Crippen molar-refractivity contribution in [2.75, 3.05) is 5.73 Å². The monoisotopic (exact) mass is 448 g/mol. The zero-order valence-electron chi connectivity index (χ0n) is 14.3. The quantitative estimate of drug-likeness (QED) is 0.353. The van der Waals surface area contributed by atoms with E-state index in [1.165, 1.54) is 22.2 Å². The number of nitrogens with one attached hydrogen (secondary N) is 1. The van der Waals surface area contributed by atoms with Crippen LogP contribution in [0.15, 0.2) is 45.4 Å². The Morgan fingerprint density at radius 1 is 1.31 bits per heavy atom. The maximum Gasteiger partial charge on any atom is 0.294 e. The van der Waals surface area contributed by atoms with Crippen molar-refractivity contribution in [3.05, 3.63) is 57.0 Å². The number of nitrogen functional groups attached to an aromatic ring is 1. The van der Waals surface area contributed by atoms with Gasteiger partial charge in [-0.15, -0.1) is 16.4 Å². The van der Waals surface area contributed by atoms with E-state index in [4.69, 9.17) is 28.9 Å². The lowest BCUT2D eigenvalue weighted by atomic mass is 10.2. The molecular weight excluding hydrogens is 439 g/mol. The van der Waals surface area contributed by atoms with Gasteiger partial charge in [0.15, 0.2) is 5.69 Å². The predicted molar refractivity (Wildman–Crippen MR) is 108 cm³/mol. The van der Waals surface area contributed by atoms with E-state index in [2.05, 4.69) is 35.8 Å². The summed E-state index contributed by atoms with van der Waals surface area (Å²) in [7, 11) is 0. The zero-order valence-corrected chi connectivity index (χ0v) is 16.6. The summed E-state index contributed by atoms with van der Waals surface area (Å²) in [5.74, 6) is -0.456. The van der Waals surface area contributed by atoms with Crippen molar-refractivity contribution in [3.63, 3.8) is 0 Å². The molecule has 3 N–H and O–H groups in total. The van der Waals surface area contributed by atoms with Gasteiger partial charge in [0.05, 0.1) is 16.1 Å². The maximum absolute atomic E-state index is 12.7. The normalized spacial score (nSPS) is 11.2. The van der Waals surface area contributed by atoms with Gasteiger partial charge < -0.3 is 5.73 Å². The first kappa shape index (κ1) is 19.1. The molecule has 29 heavy (non-hydrogen) atoms. The number of nitrogens with two attached hydrogens (primary N) is 1. The van der Waals surface area contributed by atoms with Gasteiger partial charge in [-0.1, -0.05) is 40.5 Å². The minimum Gasteiger partial charge on any atom is -0.378 e. The average Bonchev–Trinajstić information content (AvgIpc) is 3.42. The van der Waals surface area contributed by atoms with Gasteiger partial charge >= 0.3 is 0 Å². The Balaban J connectivity index is 1.64. The summed E-state index contributed by atoms with van der Waals surface area (Å²) in [5, 5.41) is 21.8. The summed E-state index contributed by atoms with van der Waals surface area (Å²) < 4.78 is 5.90. The number of amides is 1. The van der Waals surface area contributed by atoms with Gasteiger partial charge in [0.1, 0.15) is 5.69 Å². The molecule has 4 rings (SSSR count). The van der Waals surface area contributed by atoms with Gasteiger partial charge in [0.2, 0.25) is 11.6 Å². The molecule has 146 valence electrons. The Morgan fingerprint density at radius 2 is 2.17 bits per heavy atom. The Labute approximate surface area is 176 Å². The first-order chi connectivity index (χ1) is 14.0. The van der Waals surface area contributed by atoms with Crippen molar-refractivity contribution < 1.29 is 9.42 Å². The fourth-order valence-electron chi connectivity index (χ4n) is 2.37. The van der Waals surface area contributed by atoms with Gasteiger partial charge in [-0.05, 0) is 33.9 Å². The van der Waals surface area contributed by atoms with E-state index in [-0.39, 0.29) is 17.3 Å². The molecule has 3 heterocycles. The van der Waals surface area contributed by atoms with Gasteiger partial charge in [-0.25, -0.2) is 10.1 Å². The van der Waals surface area contributed by atoms with Crippen LogP contribution >= 0.6 is 34.5 Å². The minimum atomic E-state index is -0.587.